The number of fused-ring (bicyclic) bond motifs is 1. The van der Waals surface area contributed by atoms with Crippen LogP contribution in [0.25, 0.3) is 11.5 Å². The third-order valence-corrected chi connectivity index (χ3v) is 3.65. The van der Waals surface area contributed by atoms with E-state index >= 15 is 0 Å². The molecule has 0 fully saturated rings. The summed E-state index contributed by atoms with van der Waals surface area (Å²) in [5.74, 6) is -0.890. The summed E-state index contributed by atoms with van der Waals surface area (Å²) < 4.78 is 0. The molecule has 0 saturated carbocycles. The maximum Gasteiger partial charge on any atom is 0.354 e. The molecule has 8 heteroatoms. The number of aromatic carboxylic acids is 1. The van der Waals surface area contributed by atoms with Gasteiger partial charge >= 0.3 is 5.97 Å². The number of carboxylic acids is 1. The topological polar surface area (TPSA) is 88.0 Å². The molecule has 0 unspecified atom stereocenters. The zero-order valence-corrected chi connectivity index (χ0v) is 12.2. The molecule has 1 aliphatic heterocycles. The largest absolute Gasteiger partial charge is 0.476 e. The summed E-state index contributed by atoms with van der Waals surface area (Å²) in [4.78, 5) is 24.0. The van der Waals surface area contributed by atoms with Gasteiger partial charge in [0.05, 0.1) is 15.7 Å². The Kier molecular flexibility index (Phi) is 3.75. The first kappa shape index (κ1) is 14.2. The van der Waals surface area contributed by atoms with Gasteiger partial charge in [-0.15, -0.1) is 0 Å². The Morgan fingerprint density at radius 3 is 2.86 bits per heavy atom. The van der Waals surface area contributed by atoms with Crippen LogP contribution in [-0.4, -0.2) is 32.6 Å². The maximum atomic E-state index is 11.4. The molecule has 0 saturated heterocycles. The normalized spacial score (nSPS) is 13.8. The van der Waals surface area contributed by atoms with Gasteiger partial charge in [0, 0.05) is 31.3 Å². The van der Waals surface area contributed by atoms with Gasteiger partial charge in [0.1, 0.15) is 5.69 Å². The van der Waals surface area contributed by atoms with Crippen LogP contribution in [0.1, 0.15) is 21.7 Å². The second-order valence-electron chi connectivity index (χ2n) is 4.54. The van der Waals surface area contributed by atoms with Crippen molar-refractivity contribution in [1.82, 2.24) is 20.3 Å². The van der Waals surface area contributed by atoms with Gasteiger partial charge < -0.3 is 10.4 Å². The Balaban J connectivity index is 2.19. The van der Waals surface area contributed by atoms with E-state index in [1.165, 1.54) is 12.3 Å². The van der Waals surface area contributed by atoms with Crippen molar-refractivity contribution in [3.8, 4) is 11.5 Å². The van der Waals surface area contributed by atoms with Crippen molar-refractivity contribution in [1.29, 1.82) is 0 Å². The van der Waals surface area contributed by atoms with Crippen LogP contribution in [0.4, 0.5) is 0 Å². The summed E-state index contributed by atoms with van der Waals surface area (Å²) >= 11 is 11.9. The minimum Gasteiger partial charge on any atom is -0.476 e. The van der Waals surface area contributed by atoms with Gasteiger partial charge in [0.15, 0.2) is 11.5 Å². The van der Waals surface area contributed by atoms with E-state index in [4.69, 9.17) is 23.2 Å². The molecule has 1 aliphatic rings. The van der Waals surface area contributed by atoms with Gasteiger partial charge in [-0.05, 0) is 6.07 Å². The highest BCUT2D eigenvalue weighted by atomic mass is 35.5. The minimum atomic E-state index is -1.09. The first-order valence-electron chi connectivity index (χ1n) is 6.21. The van der Waals surface area contributed by atoms with E-state index in [1.807, 2.05) is 0 Å². The predicted octanol–water partition coefficient (Wildman–Crippen LogP) is 2.19. The Morgan fingerprint density at radius 2 is 2.14 bits per heavy atom. The van der Waals surface area contributed by atoms with E-state index in [0.29, 0.717) is 34.9 Å². The van der Waals surface area contributed by atoms with E-state index in [2.05, 4.69) is 20.3 Å². The number of rotatable bonds is 2. The first-order valence-corrected chi connectivity index (χ1v) is 6.97. The molecule has 21 heavy (non-hydrogen) atoms. The molecule has 0 radical (unpaired) electrons. The lowest BCUT2D eigenvalue weighted by Crippen LogP contribution is -2.28. The Bertz CT molecular complexity index is 736. The molecule has 3 rings (SSSR count). The monoisotopic (exact) mass is 324 g/mol. The van der Waals surface area contributed by atoms with Gasteiger partial charge in [-0.1, -0.05) is 23.2 Å². The summed E-state index contributed by atoms with van der Waals surface area (Å²) in [6, 6.07) is 1.52. The Labute approximate surface area is 130 Å². The van der Waals surface area contributed by atoms with E-state index in [9.17, 15) is 9.90 Å². The SMILES string of the molecule is O=C(O)c1nc(-c2ncc(Cl)cc2Cl)nc2c1CNCC2. The van der Waals surface area contributed by atoms with Crippen molar-refractivity contribution in [3.05, 3.63) is 39.3 Å². The van der Waals surface area contributed by atoms with Crippen LogP contribution in [0.3, 0.4) is 0 Å². The number of pyridine rings is 1. The highest BCUT2D eigenvalue weighted by Crippen LogP contribution is 2.27. The molecule has 2 aromatic rings. The van der Waals surface area contributed by atoms with Crippen LogP contribution in [0, 0.1) is 0 Å². The lowest BCUT2D eigenvalue weighted by molar-refractivity contribution is 0.0688. The van der Waals surface area contributed by atoms with Gasteiger partial charge in [0.2, 0.25) is 0 Å². The lowest BCUT2D eigenvalue weighted by atomic mass is 10.0. The molecule has 3 heterocycles. The van der Waals surface area contributed by atoms with Crippen LogP contribution in [0.2, 0.25) is 10.0 Å². The fourth-order valence-electron chi connectivity index (χ4n) is 2.21. The molecule has 2 aromatic heterocycles. The smallest absolute Gasteiger partial charge is 0.354 e. The van der Waals surface area contributed by atoms with E-state index in [1.54, 1.807) is 0 Å². The van der Waals surface area contributed by atoms with E-state index in [0.717, 1.165) is 6.54 Å². The zero-order chi connectivity index (χ0) is 15.0. The summed E-state index contributed by atoms with van der Waals surface area (Å²) in [5, 5.41) is 13.1. The fourth-order valence-corrected chi connectivity index (χ4v) is 2.67. The van der Waals surface area contributed by atoms with E-state index < -0.39 is 5.97 Å². The standard InChI is InChI=1S/C13H10Cl2N4O2/c14-6-3-8(15)11(17-4-6)12-18-9-1-2-16-5-7(9)10(19-12)13(20)21/h3-4,16H,1-2,5H2,(H,20,21). The number of nitrogens with one attached hydrogen (secondary N) is 1. The first-order chi connectivity index (χ1) is 10.1. The molecule has 0 amide bonds. The highest BCUT2D eigenvalue weighted by Gasteiger charge is 2.23. The van der Waals surface area contributed by atoms with Crippen molar-refractivity contribution >= 4 is 29.2 Å². The average Bonchev–Trinajstić information content (AvgIpc) is 2.46. The van der Waals surface area contributed by atoms with Gasteiger partial charge in [-0.25, -0.2) is 19.7 Å². The number of aromatic nitrogens is 3. The Morgan fingerprint density at radius 1 is 1.33 bits per heavy atom. The summed E-state index contributed by atoms with van der Waals surface area (Å²) in [7, 11) is 0. The van der Waals surface area contributed by atoms with Crippen molar-refractivity contribution in [2.24, 2.45) is 0 Å². The fraction of sp³-hybridized carbons (Fsp3) is 0.231. The quantitative estimate of drug-likeness (QED) is 0.880. The van der Waals surface area contributed by atoms with Crippen LogP contribution < -0.4 is 5.32 Å². The van der Waals surface area contributed by atoms with E-state index in [-0.39, 0.29) is 16.5 Å². The number of hydrogen-bond acceptors (Lipinski definition) is 5. The van der Waals surface area contributed by atoms with Crippen LogP contribution in [0.5, 0.6) is 0 Å². The number of halogens is 2. The molecule has 6 nitrogen and oxygen atoms in total. The molecule has 108 valence electrons. The lowest BCUT2D eigenvalue weighted by Gasteiger charge is -2.18. The average molecular weight is 325 g/mol. The molecular formula is C13H10Cl2N4O2. The summed E-state index contributed by atoms with van der Waals surface area (Å²) in [6.45, 7) is 1.18. The van der Waals surface area contributed by atoms with Gasteiger partial charge in [0.25, 0.3) is 0 Å². The molecular weight excluding hydrogens is 315 g/mol. The summed E-state index contributed by atoms with van der Waals surface area (Å²) in [5.41, 5.74) is 1.63. The zero-order valence-electron chi connectivity index (χ0n) is 10.7. The number of nitrogens with zero attached hydrogens (tertiary/aromatic N) is 3. The third-order valence-electron chi connectivity index (χ3n) is 3.16. The minimum absolute atomic E-state index is 0.0185. The van der Waals surface area contributed by atoms with Crippen molar-refractivity contribution < 1.29 is 9.90 Å². The van der Waals surface area contributed by atoms with Crippen molar-refractivity contribution in [3.63, 3.8) is 0 Å². The van der Waals surface area contributed by atoms with Crippen molar-refractivity contribution in [2.75, 3.05) is 6.54 Å². The second-order valence-corrected chi connectivity index (χ2v) is 5.38. The molecule has 0 atom stereocenters. The predicted molar refractivity (Wildman–Crippen MR) is 77.7 cm³/mol. The molecule has 0 aliphatic carbocycles. The summed E-state index contributed by atoms with van der Waals surface area (Å²) in [6.07, 6.45) is 2.06. The highest BCUT2D eigenvalue weighted by molar-refractivity contribution is 6.35. The van der Waals surface area contributed by atoms with Crippen LogP contribution in [-0.2, 0) is 13.0 Å². The molecule has 0 spiro atoms. The molecule has 0 bridgehead atoms. The molecule has 2 N–H and O–H groups in total. The van der Waals surface area contributed by atoms with Crippen molar-refractivity contribution in [2.45, 2.75) is 13.0 Å². The Hall–Kier alpha value is -1.76. The van der Waals surface area contributed by atoms with Gasteiger partial charge in [-0.2, -0.15) is 0 Å². The third kappa shape index (κ3) is 2.70. The maximum absolute atomic E-state index is 11.4. The van der Waals surface area contributed by atoms with Crippen LogP contribution in [0.15, 0.2) is 12.3 Å². The number of carbonyl (C=O) groups is 1. The van der Waals surface area contributed by atoms with Crippen LogP contribution >= 0.6 is 23.2 Å². The van der Waals surface area contributed by atoms with Gasteiger partial charge in [-0.3, -0.25) is 0 Å². The second kappa shape index (κ2) is 5.55. The number of hydrogen-bond donors (Lipinski definition) is 2. The molecule has 0 aromatic carbocycles. The number of carboxylic acid groups (broad SMARTS) is 1.